The zero-order chi connectivity index (χ0) is 14.1. The maximum atomic E-state index is 12.4. The lowest BCUT2D eigenvalue weighted by Crippen LogP contribution is -2.37. The summed E-state index contributed by atoms with van der Waals surface area (Å²) in [7, 11) is 0. The van der Waals surface area contributed by atoms with Crippen molar-refractivity contribution in [1.82, 2.24) is 0 Å². The Balaban J connectivity index is 1.92. The van der Waals surface area contributed by atoms with E-state index >= 15 is 0 Å². The molecule has 0 saturated carbocycles. The van der Waals surface area contributed by atoms with Crippen LogP contribution in [0.3, 0.4) is 0 Å². The third-order valence-corrected chi connectivity index (χ3v) is 3.47. The number of non-ortho nitro benzene ring substituents is 1. The number of nitrogens with zero attached hydrogens (tertiary/aromatic N) is 2. The minimum absolute atomic E-state index is 0.0265. The van der Waals surface area contributed by atoms with Crippen molar-refractivity contribution < 1.29 is 9.72 Å². The third-order valence-electron chi connectivity index (χ3n) is 3.47. The maximum Gasteiger partial charge on any atom is 0.269 e. The minimum Gasteiger partial charge on any atom is -0.308 e. The number of benzene rings is 2. The van der Waals surface area contributed by atoms with Gasteiger partial charge in [0.05, 0.1) is 4.92 Å². The van der Waals surface area contributed by atoms with Crippen LogP contribution in [0.2, 0.25) is 0 Å². The number of carbonyl (C=O) groups is 1. The second-order valence-corrected chi connectivity index (χ2v) is 4.64. The molecule has 1 aliphatic rings. The van der Waals surface area contributed by atoms with E-state index in [-0.39, 0.29) is 11.6 Å². The monoisotopic (exact) mass is 268 g/mol. The Morgan fingerprint density at radius 3 is 2.45 bits per heavy atom. The van der Waals surface area contributed by atoms with Gasteiger partial charge in [0.1, 0.15) is 0 Å². The summed E-state index contributed by atoms with van der Waals surface area (Å²) >= 11 is 0. The predicted octanol–water partition coefficient (Wildman–Crippen LogP) is 2.80. The van der Waals surface area contributed by atoms with Gasteiger partial charge in [0.15, 0.2) is 0 Å². The minimum atomic E-state index is -0.447. The van der Waals surface area contributed by atoms with Gasteiger partial charge in [-0.25, -0.2) is 0 Å². The zero-order valence-electron chi connectivity index (χ0n) is 10.7. The fraction of sp³-hybridized carbons (Fsp3) is 0.133. The fourth-order valence-electron chi connectivity index (χ4n) is 2.43. The molecule has 3 rings (SSSR count). The summed E-state index contributed by atoms with van der Waals surface area (Å²) in [5.41, 5.74) is 2.47. The highest BCUT2D eigenvalue weighted by molar-refractivity contribution is 6.08. The van der Waals surface area contributed by atoms with E-state index in [4.69, 9.17) is 0 Å². The molecule has 5 nitrogen and oxygen atoms in total. The average molecular weight is 268 g/mol. The van der Waals surface area contributed by atoms with Crippen LogP contribution in [0, 0.1) is 10.1 Å². The van der Waals surface area contributed by atoms with Gasteiger partial charge >= 0.3 is 0 Å². The van der Waals surface area contributed by atoms with E-state index in [0.29, 0.717) is 17.8 Å². The Bertz CT molecular complexity index is 680. The summed E-state index contributed by atoms with van der Waals surface area (Å²) < 4.78 is 0. The van der Waals surface area contributed by atoms with Crippen LogP contribution in [0.4, 0.5) is 11.4 Å². The number of carbonyl (C=O) groups excluding carboxylic acids is 1. The molecule has 0 atom stereocenters. The van der Waals surface area contributed by atoms with E-state index in [9.17, 15) is 14.9 Å². The molecular formula is C15H12N2O3. The highest BCUT2D eigenvalue weighted by Gasteiger charge is 2.25. The maximum absolute atomic E-state index is 12.4. The Hall–Kier alpha value is -2.69. The molecule has 0 bridgehead atoms. The summed E-state index contributed by atoms with van der Waals surface area (Å²) in [4.78, 5) is 24.3. The molecule has 0 saturated heterocycles. The molecule has 2 aromatic carbocycles. The smallest absolute Gasteiger partial charge is 0.269 e. The summed E-state index contributed by atoms with van der Waals surface area (Å²) in [5.74, 6) is -0.0549. The van der Waals surface area contributed by atoms with Gasteiger partial charge in [-0.05, 0) is 30.2 Å². The quantitative estimate of drug-likeness (QED) is 0.621. The van der Waals surface area contributed by atoms with E-state index in [2.05, 4.69) is 0 Å². The first-order valence-corrected chi connectivity index (χ1v) is 6.31. The Labute approximate surface area is 115 Å². The van der Waals surface area contributed by atoms with E-state index in [1.54, 1.807) is 17.0 Å². The van der Waals surface area contributed by atoms with Gasteiger partial charge in [-0.3, -0.25) is 14.9 Å². The van der Waals surface area contributed by atoms with Gasteiger partial charge < -0.3 is 4.90 Å². The number of nitro groups is 1. The Kier molecular flexibility index (Phi) is 2.95. The molecule has 0 aromatic heterocycles. The second kappa shape index (κ2) is 4.77. The average Bonchev–Trinajstić information content (AvgIpc) is 2.48. The standard InChI is InChI=1S/C15H12N2O3/c18-15-14-4-2-1-3-11(14)9-10-16(15)12-5-7-13(8-6-12)17(19)20/h1-8H,9-10H2. The van der Waals surface area contributed by atoms with Crippen LogP contribution in [0.5, 0.6) is 0 Å². The molecule has 0 aliphatic carbocycles. The lowest BCUT2D eigenvalue weighted by Gasteiger charge is -2.28. The lowest BCUT2D eigenvalue weighted by molar-refractivity contribution is -0.384. The zero-order valence-corrected chi connectivity index (χ0v) is 10.7. The van der Waals surface area contributed by atoms with Crippen LogP contribution < -0.4 is 4.90 Å². The van der Waals surface area contributed by atoms with Crippen molar-refractivity contribution in [2.45, 2.75) is 6.42 Å². The Morgan fingerprint density at radius 1 is 1.05 bits per heavy atom. The molecule has 0 radical (unpaired) electrons. The number of amides is 1. The molecule has 1 heterocycles. The molecule has 0 fully saturated rings. The molecule has 0 unspecified atom stereocenters. The number of nitro benzene ring substituents is 1. The summed E-state index contributed by atoms with van der Waals surface area (Å²) in [5, 5.41) is 10.6. The molecule has 5 heteroatoms. The molecule has 1 aliphatic heterocycles. The number of fused-ring (bicyclic) bond motifs is 1. The SMILES string of the molecule is O=C1c2ccccc2CCN1c1ccc([N+](=O)[O-])cc1. The van der Waals surface area contributed by atoms with Crippen molar-refractivity contribution >= 4 is 17.3 Å². The van der Waals surface area contributed by atoms with Crippen LogP contribution in [0.1, 0.15) is 15.9 Å². The molecule has 0 N–H and O–H groups in total. The Morgan fingerprint density at radius 2 is 1.75 bits per heavy atom. The predicted molar refractivity (Wildman–Crippen MR) is 74.9 cm³/mol. The van der Waals surface area contributed by atoms with E-state index in [0.717, 1.165) is 12.0 Å². The topological polar surface area (TPSA) is 63.5 Å². The summed E-state index contributed by atoms with van der Waals surface area (Å²) in [6.07, 6.45) is 0.791. The first-order valence-electron chi connectivity index (χ1n) is 6.31. The fourth-order valence-corrected chi connectivity index (χ4v) is 2.43. The molecule has 20 heavy (non-hydrogen) atoms. The van der Waals surface area contributed by atoms with Crippen molar-refractivity contribution in [2.75, 3.05) is 11.4 Å². The second-order valence-electron chi connectivity index (χ2n) is 4.64. The van der Waals surface area contributed by atoms with Crippen molar-refractivity contribution in [3.8, 4) is 0 Å². The highest BCUT2D eigenvalue weighted by Crippen LogP contribution is 2.25. The van der Waals surface area contributed by atoms with E-state index in [1.807, 2.05) is 24.3 Å². The van der Waals surface area contributed by atoms with Crippen LogP contribution in [-0.4, -0.2) is 17.4 Å². The third kappa shape index (κ3) is 2.03. The number of rotatable bonds is 2. The highest BCUT2D eigenvalue weighted by atomic mass is 16.6. The van der Waals surface area contributed by atoms with Crippen LogP contribution >= 0.6 is 0 Å². The van der Waals surface area contributed by atoms with Gasteiger partial charge in [-0.15, -0.1) is 0 Å². The van der Waals surface area contributed by atoms with Crippen molar-refractivity contribution in [3.63, 3.8) is 0 Å². The first-order chi connectivity index (χ1) is 9.66. The van der Waals surface area contributed by atoms with Crippen LogP contribution in [0.25, 0.3) is 0 Å². The van der Waals surface area contributed by atoms with E-state index < -0.39 is 4.92 Å². The van der Waals surface area contributed by atoms with Crippen molar-refractivity contribution in [1.29, 1.82) is 0 Å². The normalized spacial score (nSPS) is 14.0. The molecular weight excluding hydrogens is 256 g/mol. The van der Waals surface area contributed by atoms with Gasteiger partial charge in [0.2, 0.25) is 0 Å². The summed E-state index contributed by atoms with van der Waals surface area (Å²) in [6, 6.07) is 13.6. The van der Waals surface area contributed by atoms with Crippen LogP contribution in [-0.2, 0) is 6.42 Å². The van der Waals surface area contributed by atoms with E-state index in [1.165, 1.54) is 12.1 Å². The molecule has 1 amide bonds. The number of hydrogen-bond donors (Lipinski definition) is 0. The summed E-state index contributed by atoms with van der Waals surface area (Å²) in [6.45, 7) is 0.591. The lowest BCUT2D eigenvalue weighted by atomic mass is 9.98. The first kappa shape index (κ1) is 12.3. The van der Waals surface area contributed by atoms with Gasteiger partial charge in [0, 0.05) is 29.9 Å². The van der Waals surface area contributed by atoms with Gasteiger partial charge in [-0.2, -0.15) is 0 Å². The molecule has 100 valence electrons. The number of hydrogen-bond acceptors (Lipinski definition) is 3. The number of anilines is 1. The van der Waals surface area contributed by atoms with Crippen LogP contribution in [0.15, 0.2) is 48.5 Å². The van der Waals surface area contributed by atoms with Gasteiger partial charge in [0.25, 0.3) is 11.6 Å². The largest absolute Gasteiger partial charge is 0.308 e. The van der Waals surface area contributed by atoms with Crippen molar-refractivity contribution in [3.05, 3.63) is 69.8 Å². The molecule has 2 aromatic rings. The molecule has 0 spiro atoms. The van der Waals surface area contributed by atoms with Crippen molar-refractivity contribution in [2.24, 2.45) is 0 Å². The van der Waals surface area contributed by atoms with Gasteiger partial charge in [-0.1, -0.05) is 18.2 Å².